The second-order valence-corrected chi connectivity index (χ2v) is 5.84. The topological polar surface area (TPSA) is 55.8 Å². The first-order valence-corrected chi connectivity index (χ1v) is 6.64. The molecule has 96 valence electrons. The molecule has 0 amide bonds. The van der Waals surface area contributed by atoms with Gasteiger partial charge in [0, 0.05) is 0 Å². The van der Waals surface area contributed by atoms with Crippen molar-refractivity contribution in [3.05, 3.63) is 0 Å². The largest absolute Gasteiger partial charge is 0.481 e. The molecule has 4 heteroatoms. The molecule has 17 heavy (non-hydrogen) atoms. The third-order valence-electron chi connectivity index (χ3n) is 4.65. The van der Waals surface area contributed by atoms with Gasteiger partial charge in [-0.3, -0.25) is 4.79 Å². The summed E-state index contributed by atoms with van der Waals surface area (Å²) in [7, 11) is 0. The molecule has 0 saturated carbocycles. The third-order valence-corrected chi connectivity index (χ3v) is 4.65. The Bertz CT molecular complexity index is 329. The molecule has 0 aromatic rings. The lowest BCUT2D eigenvalue weighted by molar-refractivity contribution is -0.155. The van der Waals surface area contributed by atoms with Gasteiger partial charge >= 0.3 is 5.97 Å². The minimum Gasteiger partial charge on any atom is -0.481 e. The van der Waals surface area contributed by atoms with Crippen molar-refractivity contribution < 1.29 is 19.4 Å². The third kappa shape index (κ3) is 1.78. The van der Waals surface area contributed by atoms with Crippen LogP contribution in [0.15, 0.2) is 0 Å². The summed E-state index contributed by atoms with van der Waals surface area (Å²) < 4.78 is 11.5. The van der Waals surface area contributed by atoms with E-state index in [0.29, 0.717) is 12.8 Å². The zero-order valence-electron chi connectivity index (χ0n) is 10.2. The van der Waals surface area contributed by atoms with E-state index in [1.807, 2.05) is 0 Å². The molecular formula is C13H20O4. The zero-order chi connectivity index (χ0) is 12.0. The SMILES string of the molecule is CC1CCC(CC2(C(=O)O)CC3CCC2O3)O1. The molecule has 0 aromatic heterocycles. The number of carbonyl (C=O) groups is 1. The molecule has 5 atom stereocenters. The number of rotatable bonds is 3. The molecule has 3 fully saturated rings. The summed E-state index contributed by atoms with van der Waals surface area (Å²) in [6.07, 6.45) is 5.78. The van der Waals surface area contributed by atoms with E-state index < -0.39 is 11.4 Å². The smallest absolute Gasteiger partial charge is 0.312 e. The summed E-state index contributed by atoms with van der Waals surface area (Å²) in [6.45, 7) is 2.06. The first-order valence-electron chi connectivity index (χ1n) is 6.64. The van der Waals surface area contributed by atoms with E-state index in [1.165, 1.54) is 0 Å². The maximum atomic E-state index is 11.6. The minimum absolute atomic E-state index is 0.0792. The number of carboxylic acids is 1. The fourth-order valence-electron chi connectivity index (χ4n) is 3.77. The van der Waals surface area contributed by atoms with E-state index >= 15 is 0 Å². The summed E-state index contributed by atoms with van der Waals surface area (Å²) in [5.41, 5.74) is -0.669. The van der Waals surface area contributed by atoms with Crippen LogP contribution in [0, 0.1) is 5.41 Å². The van der Waals surface area contributed by atoms with E-state index in [9.17, 15) is 9.90 Å². The fourth-order valence-corrected chi connectivity index (χ4v) is 3.77. The molecule has 3 saturated heterocycles. The Morgan fingerprint density at radius 2 is 2.12 bits per heavy atom. The predicted molar refractivity (Wildman–Crippen MR) is 60.8 cm³/mol. The van der Waals surface area contributed by atoms with Crippen molar-refractivity contribution >= 4 is 5.97 Å². The molecule has 3 rings (SSSR count). The number of fused-ring (bicyclic) bond motifs is 2. The van der Waals surface area contributed by atoms with Crippen LogP contribution < -0.4 is 0 Å². The molecule has 0 aromatic carbocycles. The highest BCUT2D eigenvalue weighted by molar-refractivity contribution is 5.76. The Kier molecular flexibility index (Phi) is 2.67. The first kappa shape index (κ1) is 11.5. The van der Waals surface area contributed by atoms with Gasteiger partial charge in [-0.05, 0) is 45.4 Å². The number of aliphatic carboxylic acids is 1. The highest BCUT2D eigenvalue weighted by Crippen LogP contribution is 2.51. The summed E-state index contributed by atoms with van der Waals surface area (Å²) in [5.74, 6) is -0.687. The van der Waals surface area contributed by atoms with Gasteiger partial charge in [-0.15, -0.1) is 0 Å². The maximum absolute atomic E-state index is 11.6. The second-order valence-electron chi connectivity index (χ2n) is 5.84. The average molecular weight is 240 g/mol. The summed E-state index contributed by atoms with van der Waals surface area (Å²) >= 11 is 0. The highest BCUT2D eigenvalue weighted by Gasteiger charge is 2.58. The molecule has 0 spiro atoms. The Hall–Kier alpha value is -0.610. The van der Waals surface area contributed by atoms with E-state index in [1.54, 1.807) is 0 Å². The average Bonchev–Trinajstić information content (AvgIpc) is 2.94. The minimum atomic E-state index is -0.687. The van der Waals surface area contributed by atoms with Gasteiger partial charge in [0.25, 0.3) is 0 Å². The van der Waals surface area contributed by atoms with Crippen molar-refractivity contribution in [2.75, 3.05) is 0 Å². The second kappa shape index (κ2) is 3.95. The maximum Gasteiger partial charge on any atom is 0.312 e. The fraction of sp³-hybridized carbons (Fsp3) is 0.923. The van der Waals surface area contributed by atoms with Crippen LogP contribution >= 0.6 is 0 Å². The Morgan fingerprint density at radius 1 is 1.29 bits per heavy atom. The number of ether oxygens (including phenoxy) is 2. The summed E-state index contributed by atoms with van der Waals surface area (Å²) in [6, 6.07) is 0. The number of carboxylic acid groups (broad SMARTS) is 1. The van der Waals surface area contributed by atoms with E-state index in [2.05, 4.69) is 6.92 Å². The van der Waals surface area contributed by atoms with Gasteiger partial charge < -0.3 is 14.6 Å². The Morgan fingerprint density at radius 3 is 2.59 bits per heavy atom. The summed E-state index contributed by atoms with van der Waals surface area (Å²) in [5, 5.41) is 9.58. The monoisotopic (exact) mass is 240 g/mol. The summed E-state index contributed by atoms with van der Waals surface area (Å²) in [4.78, 5) is 11.6. The van der Waals surface area contributed by atoms with Crippen LogP contribution in [0.4, 0.5) is 0 Å². The van der Waals surface area contributed by atoms with Crippen LogP contribution in [-0.2, 0) is 14.3 Å². The number of hydrogen-bond donors (Lipinski definition) is 1. The zero-order valence-corrected chi connectivity index (χ0v) is 10.2. The predicted octanol–water partition coefficient (Wildman–Crippen LogP) is 1.97. The van der Waals surface area contributed by atoms with Crippen LogP contribution in [-0.4, -0.2) is 35.5 Å². The molecule has 3 aliphatic heterocycles. The lowest BCUT2D eigenvalue weighted by atomic mass is 9.70. The van der Waals surface area contributed by atoms with Crippen LogP contribution in [0.3, 0.4) is 0 Å². The van der Waals surface area contributed by atoms with Gasteiger partial charge in [-0.1, -0.05) is 0 Å². The first-order chi connectivity index (χ1) is 8.10. The molecule has 1 N–H and O–H groups in total. The highest BCUT2D eigenvalue weighted by atomic mass is 16.5. The van der Waals surface area contributed by atoms with Crippen LogP contribution in [0.5, 0.6) is 0 Å². The molecular weight excluding hydrogens is 220 g/mol. The molecule has 2 bridgehead atoms. The Labute approximate surface area is 101 Å². The van der Waals surface area contributed by atoms with E-state index in [4.69, 9.17) is 9.47 Å². The molecule has 5 unspecified atom stereocenters. The standard InChI is InChI=1S/C13H20O4/c1-8-2-3-9(16-8)6-13(12(14)15)7-10-4-5-11(13)17-10/h8-11H,2-7H2,1H3,(H,14,15). The van der Waals surface area contributed by atoms with E-state index in [0.717, 1.165) is 25.7 Å². The molecule has 3 aliphatic rings. The van der Waals surface area contributed by atoms with Crippen molar-refractivity contribution in [1.82, 2.24) is 0 Å². The van der Waals surface area contributed by atoms with Crippen LogP contribution in [0.2, 0.25) is 0 Å². The van der Waals surface area contributed by atoms with Crippen molar-refractivity contribution in [3.63, 3.8) is 0 Å². The van der Waals surface area contributed by atoms with Crippen molar-refractivity contribution in [1.29, 1.82) is 0 Å². The quantitative estimate of drug-likeness (QED) is 0.819. The molecule has 0 radical (unpaired) electrons. The molecule has 4 nitrogen and oxygen atoms in total. The van der Waals surface area contributed by atoms with Crippen molar-refractivity contribution in [3.8, 4) is 0 Å². The van der Waals surface area contributed by atoms with Gasteiger partial charge in [0.15, 0.2) is 0 Å². The van der Waals surface area contributed by atoms with Crippen molar-refractivity contribution in [2.24, 2.45) is 5.41 Å². The van der Waals surface area contributed by atoms with Gasteiger partial charge in [0.2, 0.25) is 0 Å². The van der Waals surface area contributed by atoms with Gasteiger partial charge in [-0.2, -0.15) is 0 Å². The van der Waals surface area contributed by atoms with Crippen molar-refractivity contribution in [2.45, 2.75) is 69.9 Å². The normalized spacial score (nSPS) is 48.8. The van der Waals surface area contributed by atoms with Gasteiger partial charge in [-0.25, -0.2) is 0 Å². The number of hydrogen-bond acceptors (Lipinski definition) is 3. The van der Waals surface area contributed by atoms with Crippen LogP contribution in [0.25, 0.3) is 0 Å². The lowest BCUT2D eigenvalue weighted by Crippen LogP contribution is -2.43. The molecule has 3 heterocycles. The van der Waals surface area contributed by atoms with Gasteiger partial charge in [0.05, 0.1) is 29.8 Å². The van der Waals surface area contributed by atoms with Crippen LogP contribution in [0.1, 0.15) is 45.4 Å². The Balaban J connectivity index is 1.75. The lowest BCUT2D eigenvalue weighted by Gasteiger charge is -2.33. The van der Waals surface area contributed by atoms with E-state index in [-0.39, 0.29) is 24.4 Å². The van der Waals surface area contributed by atoms with Gasteiger partial charge in [0.1, 0.15) is 0 Å². The molecule has 0 aliphatic carbocycles.